The number of para-hydroxylation sites is 1. The van der Waals surface area contributed by atoms with E-state index in [1.54, 1.807) is 48.5 Å². The smallest absolute Gasteiger partial charge is 0.258 e. The molecule has 3 rings (SSSR count). The summed E-state index contributed by atoms with van der Waals surface area (Å²) in [5, 5.41) is 9.20. The standard InChI is InChI=1S/C24H25ClN4O2.H3N/c1-24(2,15-26-3)17-10-8-16(9-11-17)22(30)28-20-7-5-4-6-19(20)23(31)29-21-13-12-18(25)14-27-21;/h4-14,26H,15H2,1-3H3,(H,28,30)(H,27,29,31);1H3. The van der Waals surface area contributed by atoms with Crippen LogP contribution in [0.4, 0.5) is 11.5 Å². The molecule has 0 aliphatic rings. The minimum absolute atomic E-state index is 0. The fourth-order valence-electron chi connectivity index (χ4n) is 3.23. The third kappa shape index (κ3) is 6.13. The van der Waals surface area contributed by atoms with Crippen LogP contribution < -0.4 is 22.1 Å². The Morgan fingerprint density at radius 1 is 0.938 bits per heavy atom. The molecule has 2 amide bonds. The van der Waals surface area contributed by atoms with Crippen LogP contribution in [0.2, 0.25) is 5.02 Å². The topological polar surface area (TPSA) is 118 Å². The van der Waals surface area contributed by atoms with Crippen LogP contribution in [0.15, 0.2) is 66.9 Å². The average molecular weight is 454 g/mol. The Labute approximate surface area is 193 Å². The van der Waals surface area contributed by atoms with Crippen molar-refractivity contribution in [3.8, 4) is 0 Å². The molecule has 0 fully saturated rings. The van der Waals surface area contributed by atoms with Gasteiger partial charge >= 0.3 is 0 Å². The van der Waals surface area contributed by atoms with E-state index in [1.807, 2.05) is 19.2 Å². The van der Waals surface area contributed by atoms with Crippen molar-refractivity contribution in [3.05, 3.63) is 88.6 Å². The fraction of sp³-hybridized carbons (Fsp3) is 0.208. The molecular weight excluding hydrogens is 426 g/mol. The van der Waals surface area contributed by atoms with Crippen LogP contribution in [0.3, 0.4) is 0 Å². The van der Waals surface area contributed by atoms with Crippen molar-refractivity contribution >= 4 is 34.9 Å². The Balaban J connectivity index is 0.00000363. The molecule has 168 valence electrons. The minimum Gasteiger partial charge on any atom is -0.344 e. The molecule has 0 aliphatic heterocycles. The van der Waals surface area contributed by atoms with Gasteiger partial charge in [-0.25, -0.2) is 4.98 Å². The number of amides is 2. The van der Waals surface area contributed by atoms with Gasteiger partial charge in [0.05, 0.1) is 16.3 Å². The molecule has 0 unspecified atom stereocenters. The molecule has 32 heavy (non-hydrogen) atoms. The van der Waals surface area contributed by atoms with Crippen LogP contribution >= 0.6 is 11.6 Å². The second-order valence-corrected chi connectivity index (χ2v) is 8.24. The molecule has 0 saturated carbocycles. The lowest BCUT2D eigenvalue weighted by atomic mass is 9.84. The van der Waals surface area contributed by atoms with Gasteiger partial charge in [0.1, 0.15) is 5.82 Å². The third-order valence-electron chi connectivity index (χ3n) is 4.94. The van der Waals surface area contributed by atoms with Crippen molar-refractivity contribution in [3.63, 3.8) is 0 Å². The summed E-state index contributed by atoms with van der Waals surface area (Å²) in [7, 11) is 1.92. The van der Waals surface area contributed by atoms with Gasteiger partial charge in [-0.2, -0.15) is 0 Å². The number of likely N-dealkylation sites (N-methyl/N-ethyl adjacent to an activating group) is 1. The van der Waals surface area contributed by atoms with Crippen molar-refractivity contribution in [2.75, 3.05) is 24.2 Å². The zero-order valence-electron chi connectivity index (χ0n) is 18.4. The molecule has 1 aromatic heterocycles. The molecule has 0 spiro atoms. The first kappa shape index (κ1) is 25.0. The number of nitrogens with one attached hydrogen (secondary N) is 3. The number of benzene rings is 2. The summed E-state index contributed by atoms with van der Waals surface area (Å²) in [5.41, 5.74) is 2.34. The number of aromatic nitrogens is 1. The Bertz CT molecular complexity index is 1070. The van der Waals surface area contributed by atoms with Gasteiger partial charge in [-0.1, -0.05) is 49.7 Å². The van der Waals surface area contributed by atoms with Gasteiger partial charge in [0.15, 0.2) is 0 Å². The Kier molecular flexibility index (Phi) is 8.48. The van der Waals surface area contributed by atoms with Gasteiger partial charge in [-0.15, -0.1) is 0 Å². The molecular formula is C24H28ClN5O2. The average Bonchev–Trinajstić information content (AvgIpc) is 2.75. The highest BCUT2D eigenvalue weighted by Gasteiger charge is 2.20. The van der Waals surface area contributed by atoms with E-state index >= 15 is 0 Å². The molecule has 6 N–H and O–H groups in total. The zero-order valence-corrected chi connectivity index (χ0v) is 19.2. The maximum absolute atomic E-state index is 12.8. The molecule has 2 aromatic carbocycles. The van der Waals surface area contributed by atoms with Crippen LogP contribution in [-0.4, -0.2) is 30.4 Å². The Morgan fingerprint density at radius 3 is 2.25 bits per heavy atom. The van der Waals surface area contributed by atoms with Gasteiger partial charge in [0.2, 0.25) is 0 Å². The molecule has 0 bridgehead atoms. The van der Waals surface area contributed by atoms with Crippen molar-refractivity contribution in [1.29, 1.82) is 0 Å². The molecule has 1 heterocycles. The summed E-state index contributed by atoms with van der Waals surface area (Å²) >= 11 is 5.83. The maximum atomic E-state index is 12.8. The number of nitrogens with zero attached hydrogens (tertiary/aromatic N) is 1. The van der Waals surface area contributed by atoms with Crippen molar-refractivity contribution in [2.24, 2.45) is 0 Å². The lowest BCUT2D eigenvalue weighted by Gasteiger charge is -2.25. The lowest BCUT2D eigenvalue weighted by molar-refractivity contribution is 0.102. The molecule has 0 saturated heterocycles. The van der Waals surface area contributed by atoms with Crippen LogP contribution in [0.1, 0.15) is 40.1 Å². The number of carbonyl (C=O) groups excluding carboxylic acids is 2. The predicted molar refractivity (Wildman–Crippen MR) is 130 cm³/mol. The fourth-order valence-corrected chi connectivity index (χ4v) is 3.35. The van der Waals surface area contributed by atoms with Gasteiger partial charge in [-0.3, -0.25) is 9.59 Å². The summed E-state index contributed by atoms with van der Waals surface area (Å²) in [6, 6.07) is 17.6. The first-order valence-corrected chi connectivity index (χ1v) is 10.3. The van der Waals surface area contributed by atoms with E-state index in [0.717, 1.165) is 12.1 Å². The van der Waals surface area contributed by atoms with Crippen LogP contribution in [-0.2, 0) is 5.41 Å². The van der Waals surface area contributed by atoms with E-state index in [1.165, 1.54) is 6.20 Å². The first-order valence-electron chi connectivity index (χ1n) is 9.88. The number of anilines is 2. The normalized spacial score (nSPS) is 10.8. The largest absolute Gasteiger partial charge is 0.344 e. The number of pyridine rings is 1. The minimum atomic E-state index is -0.380. The summed E-state index contributed by atoms with van der Waals surface area (Å²) in [5.74, 6) is -0.298. The van der Waals surface area contributed by atoms with Crippen molar-refractivity contribution < 1.29 is 9.59 Å². The van der Waals surface area contributed by atoms with Gasteiger partial charge in [0.25, 0.3) is 11.8 Å². The Hall–Kier alpha value is -3.26. The second-order valence-electron chi connectivity index (χ2n) is 7.81. The van der Waals surface area contributed by atoms with E-state index in [-0.39, 0.29) is 23.4 Å². The number of rotatable bonds is 7. The first-order chi connectivity index (χ1) is 14.8. The third-order valence-corrected chi connectivity index (χ3v) is 5.16. The maximum Gasteiger partial charge on any atom is 0.258 e. The van der Waals surface area contributed by atoms with E-state index < -0.39 is 0 Å². The molecule has 0 radical (unpaired) electrons. The lowest BCUT2D eigenvalue weighted by Crippen LogP contribution is -2.30. The summed E-state index contributed by atoms with van der Waals surface area (Å²) < 4.78 is 0. The molecule has 0 aliphatic carbocycles. The van der Waals surface area contributed by atoms with Crippen LogP contribution in [0.5, 0.6) is 0 Å². The molecule has 7 nitrogen and oxygen atoms in total. The van der Waals surface area contributed by atoms with E-state index in [9.17, 15) is 9.59 Å². The van der Waals surface area contributed by atoms with Crippen molar-refractivity contribution in [1.82, 2.24) is 16.5 Å². The van der Waals surface area contributed by atoms with E-state index in [2.05, 4.69) is 34.8 Å². The zero-order chi connectivity index (χ0) is 22.4. The number of carbonyl (C=O) groups is 2. The summed E-state index contributed by atoms with van der Waals surface area (Å²) in [6.45, 7) is 5.11. The molecule has 3 aromatic rings. The SMILES string of the molecule is CNCC(C)(C)c1ccc(C(=O)Nc2ccccc2C(=O)Nc2ccc(Cl)cn2)cc1.N. The molecule has 0 atom stereocenters. The van der Waals surface area contributed by atoms with Gasteiger partial charge in [-0.05, 0) is 49.0 Å². The second kappa shape index (κ2) is 10.9. The highest BCUT2D eigenvalue weighted by atomic mass is 35.5. The molecule has 8 heteroatoms. The van der Waals surface area contributed by atoms with E-state index in [4.69, 9.17) is 11.6 Å². The quantitative estimate of drug-likeness (QED) is 0.405. The monoisotopic (exact) mass is 453 g/mol. The highest BCUT2D eigenvalue weighted by Crippen LogP contribution is 2.23. The Morgan fingerprint density at radius 2 is 1.62 bits per heavy atom. The number of halogens is 1. The number of hydrogen-bond donors (Lipinski definition) is 4. The van der Waals surface area contributed by atoms with Crippen LogP contribution in [0.25, 0.3) is 0 Å². The van der Waals surface area contributed by atoms with Crippen molar-refractivity contribution in [2.45, 2.75) is 19.3 Å². The number of hydrogen-bond acceptors (Lipinski definition) is 5. The predicted octanol–water partition coefficient (Wildman–Crippen LogP) is 4.90. The highest BCUT2D eigenvalue weighted by molar-refractivity contribution is 6.30. The van der Waals surface area contributed by atoms with Crippen LogP contribution in [0, 0.1) is 0 Å². The summed E-state index contributed by atoms with van der Waals surface area (Å²) in [4.78, 5) is 29.6. The van der Waals surface area contributed by atoms with Gasteiger partial charge in [0, 0.05) is 23.7 Å². The van der Waals surface area contributed by atoms with Gasteiger partial charge < -0.3 is 22.1 Å². The van der Waals surface area contributed by atoms with E-state index in [0.29, 0.717) is 27.7 Å². The summed E-state index contributed by atoms with van der Waals surface area (Å²) in [6.07, 6.45) is 1.45.